The average molecular weight is 327 g/mol. The summed E-state index contributed by atoms with van der Waals surface area (Å²) in [6.07, 6.45) is -3.13. The van der Waals surface area contributed by atoms with E-state index in [-0.39, 0.29) is 18.7 Å². The van der Waals surface area contributed by atoms with Gasteiger partial charge in [-0.25, -0.2) is 0 Å². The van der Waals surface area contributed by atoms with Crippen LogP contribution in [0.2, 0.25) is 0 Å². The van der Waals surface area contributed by atoms with Gasteiger partial charge in [0.25, 0.3) is 0 Å². The molecule has 1 amide bonds. The molecule has 2 atom stereocenters. The van der Waals surface area contributed by atoms with Gasteiger partial charge in [-0.3, -0.25) is 4.79 Å². The minimum Gasteiger partial charge on any atom is -0.312 e. The summed E-state index contributed by atoms with van der Waals surface area (Å²) in [4.78, 5) is 14.5. The Balaban J connectivity index is 2.21. The molecule has 0 aliphatic heterocycles. The highest BCUT2D eigenvalue weighted by Gasteiger charge is 2.44. The van der Waals surface area contributed by atoms with Crippen LogP contribution in [0.5, 0.6) is 0 Å². The number of anilines is 1. The van der Waals surface area contributed by atoms with E-state index in [1.165, 1.54) is 0 Å². The minimum atomic E-state index is -4.20. The van der Waals surface area contributed by atoms with Gasteiger partial charge in [-0.15, -0.1) is 0 Å². The van der Waals surface area contributed by atoms with Crippen molar-refractivity contribution in [1.82, 2.24) is 0 Å². The highest BCUT2D eigenvalue weighted by molar-refractivity contribution is 5.95. The van der Waals surface area contributed by atoms with Gasteiger partial charge in [-0.05, 0) is 57.2 Å². The number of halogens is 3. The standard InChI is InChI=1S/C18H24F3NO/c1-4-22(16-10-12(2)8-9-13(16)3)17(23)14-6-5-7-15(11-14)18(19,20)21/h8-10,14-15H,4-7,11H2,1-3H3. The molecule has 0 N–H and O–H groups in total. The number of carbonyl (C=O) groups is 1. The molecule has 0 saturated heterocycles. The van der Waals surface area contributed by atoms with E-state index in [0.717, 1.165) is 16.8 Å². The molecule has 0 heterocycles. The Morgan fingerprint density at radius 3 is 2.57 bits per heavy atom. The Morgan fingerprint density at radius 2 is 1.96 bits per heavy atom. The van der Waals surface area contributed by atoms with Crippen LogP contribution in [0.15, 0.2) is 18.2 Å². The smallest absolute Gasteiger partial charge is 0.312 e. The molecule has 5 heteroatoms. The number of benzene rings is 1. The molecule has 2 unspecified atom stereocenters. The number of aryl methyl sites for hydroxylation is 2. The second kappa shape index (κ2) is 6.93. The fourth-order valence-electron chi connectivity index (χ4n) is 3.39. The van der Waals surface area contributed by atoms with E-state index in [9.17, 15) is 18.0 Å². The van der Waals surface area contributed by atoms with Gasteiger partial charge in [0, 0.05) is 18.2 Å². The van der Waals surface area contributed by atoms with Crippen LogP contribution in [0.3, 0.4) is 0 Å². The Hall–Kier alpha value is -1.52. The highest BCUT2D eigenvalue weighted by atomic mass is 19.4. The second-order valence-electron chi connectivity index (χ2n) is 6.47. The molecule has 0 aromatic heterocycles. The lowest BCUT2D eigenvalue weighted by Crippen LogP contribution is -2.40. The number of alkyl halides is 3. The zero-order valence-electron chi connectivity index (χ0n) is 13.9. The lowest BCUT2D eigenvalue weighted by atomic mass is 9.80. The second-order valence-corrected chi connectivity index (χ2v) is 6.47. The van der Waals surface area contributed by atoms with Gasteiger partial charge < -0.3 is 4.90 Å². The number of rotatable bonds is 3. The third-order valence-electron chi connectivity index (χ3n) is 4.72. The van der Waals surface area contributed by atoms with Gasteiger partial charge in [0.05, 0.1) is 5.92 Å². The van der Waals surface area contributed by atoms with E-state index in [1.807, 2.05) is 39.0 Å². The van der Waals surface area contributed by atoms with Crippen LogP contribution in [0.4, 0.5) is 18.9 Å². The zero-order valence-corrected chi connectivity index (χ0v) is 13.9. The monoisotopic (exact) mass is 327 g/mol. The van der Waals surface area contributed by atoms with E-state index in [1.54, 1.807) is 4.90 Å². The Morgan fingerprint density at radius 1 is 1.26 bits per heavy atom. The van der Waals surface area contributed by atoms with Crippen molar-refractivity contribution >= 4 is 11.6 Å². The Labute approximate surface area is 135 Å². The summed E-state index contributed by atoms with van der Waals surface area (Å²) in [7, 11) is 0. The maximum atomic E-state index is 13.0. The van der Waals surface area contributed by atoms with Crippen molar-refractivity contribution in [2.45, 2.75) is 52.6 Å². The largest absolute Gasteiger partial charge is 0.391 e. The van der Waals surface area contributed by atoms with E-state index in [4.69, 9.17) is 0 Å². The van der Waals surface area contributed by atoms with Crippen LogP contribution in [0.1, 0.15) is 43.7 Å². The maximum Gasteiger partial charge on any atom is 0.391 e. The van der Waals surface area contributed by atoms with Crippen molar-refractivity contribution in [3.05, 3.63) is 29.3 Å². The van der Waals surface area contributed by atoms with Gasteiger partial charge in [-0.1, -0.05) is 18.6 Å². The van der Waals surface area contributed by atoms with Crippen molar-refractivity contribution in [3.63, 3.8) is 0 Å². The quantitative estimate of drug-likeness (QED) is 0.763. The van der Waals surface area contributed by atoms with Gasteiger partial charge in [-0.2, -0.15) is 13.2 Å². The molecule has 1 aromatic carbocycles. The first-order valence-corrected chi connectivity index (χ1v) is 8.19. The lowest BCUT2D eigenvalue weighted by molar-refractivity contribution is -0.186. The molecule has 1 saturated carbocycles. The van der Waals surface area contributed by atoms with Gasteiger partial charge in [0.2, 0.25) is 5.91 Å². The van der Waals surface area contributed by atoms with Crippen LogP contribution in [-0.4, -0.2) is 18.6 Å². The van der Waals surface area contributed by atoms with E-state index < -0.39 is 18.0 Å². The summed E-state index contributed by atoms with van der Waals surface area (Å²) in [5, 5.41) is 0. The molecule has 128 valence electrons. The summed E-state index contributed by atoms with van der Waals surface area (Å²) >= 11 is 0. The summed E-state index contributed by atoms with van der Waals surface area (Å²) in [5.74, 6) is -2.05. The molecule has 1 fully saturated rings. The fraction of sp³-hybridized carbons (Fsp3) is 0.611. The first kappa shape index (κ1) is 17.8. The molecule has 2 rings (SSSR count). The fourth-order valence-corrected chi connectivity index (χ4v) is 3.39. The highest BCUT2D eigenvalue weighted by Crippen LogP contribution is 2.41. The van der Waals surface area contributed by atoms with Crippen LogP contribution in [0.25, 0.3) is 0 Å². The predicted octanol–water partition coefficient (Wildman–Crippen LogP) is 5.03. The first-order chi connectivity index (χ1) is 10.7. The summed E-state index contributed by atoms with van der Waals surface area (Å²) in [5.41, 5.74) is 2.81. The Kier molecular flexibility index (Phi) is 5.37. The number of hydrogen-bond donors (Lipinski definition) is 0. The Bertz CT molecular complexity index is 568. The molecule has 1 aliphatic rings. The molecule has 0 spiro atoms. The van der Waals surface area contributed by atoms with Crippen LogP contribution in [-0.2, 0) is 4.79 Å². The average Bonchev–Trinajstić information content (AvgIpc) is 2.50. The van der Waals surface area contributed by atoms with Crippen molar-refractivity contribution in [3.8, 4) is 0 Å². The minimum absolute atomic E-state index is 0.0797. The van der Waals surface area contributed by atoms with E-state index in [2.05, 4.69) is 0 Å². The number of amides is 1. The normalized spacial score (nSPS) is 22.0. The summed E-state index contributed by atoms with van der Waals surface area (Å²) in [6.45, 7) is 6.20. The molecule has 0 bridgehead atoms. The summed E-state index contributed by atoms with van der Waals surface area (Å²) < 4.78 is 38.9. The lowest BCUT2D eigenvalue weighted by Gasteiger charge is -2.33. The molecule has 1 aliphatic carbocycles. The van der Waals surface area contributed by atoms with Crippen LogP contribution in [0, 0.1) is 25.7 Å². The number of carbonyl (C=O) groups excluding carboxylic acids is 1. The topological polar surface area (TPSA) is 20.3 Å². The maximum absolute atomic E-state index is 13.0. The first-order valence-electron chi connectivity index (χ1n) is 8.19. The van der Waals surface area contributed by atoms with Gasteiger partial charge in [0.1, 0.15) is 0 Å². The SMILES string of the molecule is CCN(C(=O)C1CCCC(C(F)(F)F)C1)c1cc(C)ccc1C. The van der Waals surface area contributed by atoms with E-state index >= 15 is 0 Å². The predicted molar refractivity (Wildman–Crippen MR) is 85.4 cm³/mol. The molecule has 2 nitrogen and oxygen atoms in total. The van der Waals surface area contributed by atoms with Gasteiger partial charge in [0.15, 0.2) is 0 Å². The molecule has 1 aromatic rings. The molecular formula is C18H24F3NO. The third-order valence-corrected chi connectivity index (χ3v) is 4.72. The molecule has 0 radical (unpaired) electrons. The van der Waals surface area contributed by atoms with Crippen molar-refractivity contribution < 1.29 is 18.0 Å². The molecular weight excluding hydrogens is 303 g/mol. The number of hydrogen-bond acceptors (Lipinski definition) is 1. The number of nitrogens with zero attached hydrogens (tertiary/aromatic N) is 1. The van der Waals surface area contributed by atoms with Crippen molar-refractivity contribution in [2.75, 3.05) is 11.4 Å². The van der Waals surface area contributed by atoms with E-state index in [0.29, 0.717) is 19.4 Å². The van der Waals surface area contributed by atoms with Crippen LogP contribution < -0.4 is 4.90 Å². The van der Waals surface area contributed by atoms with Crippen molar-refractivity contribution in [1.29, 1.82) is 0 Å². The van der Waals surface area contributed by atoms with Gasteiger partial charge >= 0.3 is 6.18 Å². The summed E-state index contributed by atoms with van der Waals surface area (Å²) in [6, 6.07) is 5.85. The third kappa shape index (κ3) is 4.06. The van der Waals surface area contributed by atoms with Crippen molar-refractivity contribution in [2.24, 2.45) is 11.8 Å². The van der Waals surface area contributed by atoms with Crippen LogP contribution >= 0.6 is 0 Å². The molecule has 23 heavy (non-hydrogen) atoms. The zero-order chi connectivity index (χ0) is 17.2.